The van der Waals surface area contributed by atoms with E-state index in [1.54, 1.807) is 0 Å². The molecule has 22 heavy (non-hydrogen) atoms. The lowest BCUT2D eigenvalue weighted by atomic mass is 10.2. The first-order valence-corrected chi connectivity index (χ1v) is 7.31. The second kappa shape index (κ2) is 7.61. The summed E-state index contributed by atoms with van der Waals surface area (Å²) >= 11 is 0. The maximum Gasteiger partial charge on any atom is 0.315 e. The van der Waals surface area contributed by atoms with Crippen molar-refractivity contribution in [3.05, 3.63) is 52.8 Å². The molecule has 0 saturated carbocycles. The number of hydrogen-bond acceptors (Lipinski definition) is 3. The maximum atomic E-state index is 11.5. The normalized spacial score (nSPS) is 10.5. The van der Waals surface area contributed by atoms with Gasteiger partial charge in [-0.3, -0.25) is 4.68 Å². The predicted octanol–water partition coefficient (Wildman–Crippen LogP) is 1.34. The number of carbonyl (C=O) groups excluding carboxylic acids is 1. The molecular formula is C16H22N4O2. The number of nitrogens with one attached hydrogen (secondary N) is 2. The van der Waals surface area contributed by atoms with Crippen molar-refractivity contribution in [3.8, 4) is 0 Å². The Kier molecular flexibility index (Phi) is 5.55. The molecule has 0 aliphatic rings. The first-order valence-electron chi connectivity index (χ1n) is 7.31. The standard InChI is InChI=1S/C16H22N4O2/c1-12-15(10-18-16(22)17-8-9-21)13(2)20(19-12)11-14-6-4-3-5-7-14/h3-7,21H,8-11H2,1-2H3,(H2,17,18,22). The van der Waals surface area contributed by atoms with Gasteiger partial charge in [0.25, 0.3) is 0 Å². The summed E-state index contributed by atoms with van der Waals surface area (Å²) in [7, 11) is 0. The number of benzene rings is 1. The van der Waals surface area contributed by atoms with Crippen molar-refractivity contribution in [1.82, 2.24) is 20.4 Å². The highest BCUT2D eigenvalue weighted by molar-refractivity contribution is 5.73. The van der Waals surface area contributed by atoms with Gasteiger partial charge in [-0.05, 0) is 19.4 Å². The van der Waals surface area contributed by atoms with Crippen LogP contribution in [0, 0.1) is 13.8 Å². The summed E-state index contributed by atoms with van der Waals surface area (Å²) in [5.41, 5.74) is 4.17. The number of carbonyl (C=O) groups is 1. The molecule has 0 unspecified atom stereocenters. The molecule has 3 N–H and O–H groups in total. The molecule has 1 heterocycles. The molecule has 1 aromatic heterocycles. The zero-order chi connectivity index (χ0) is 15.9. The highest BCUT2D eigenvalue weighted by Gasteiger charge is 2.12. The Labute approximate surface area is 130 Å². The van der Waals surface area contributed by atoms with Gasteiger partial charge in [-0.1, -0.05) is 30.3 Å². The Balaban J connectivity index is 2.02. The van der Waals surface area contributed by atoms with Gasteiger partial charge in [-0.25, -0.2) is 4.79 Å². The molecule has 6 heteroatoms. The first kappa shape index (κ1) is 16.0. The number of urea groups is 1. The molecule has 2 rings (SSSR count). The number of amides is 2. The highest BCUT2D eigenvalue weighted by Crippen LogP contribution is 2.14. The summed E-state index contributed by atoms with van der Waals surface area (Å²) in [6, 6.07) is 9.85. The van der Waals surface area contributed by atoms with Gasteiger partial charge in [-0.2, -0.15) is 5.10 Å². The van der Waals surface area contributed by atoms with E-state index in [9.17, 15) is 4.79 Å². The van der Waals surface area contributed by atoms with Crippen LogP contribution in [0.25, 0.3) is 0 Å². The Morgan fingerprint density at radius 1 is 1.23 bits per heavy atom. The van der Waals surface area contributed by atoms with Crippen molar-refractivity contribution in [3.63, 3.8) is 0 Å². The molecule has 2 aromatic rings. The summed E-state index contributed by atoms with van der Waals surface area (Å²) in [5.74, 6) is 0. The van der Waals surface area contributed by atoms with E-state index < -0.39 is 0 Å². The lowest BCUT2D eigenvalue weighted by molar-refractivity contribution is 0.234. The molecule has 0 spiro atoms. The number of rotatable bonds is 6. The van der Waals surface area contributed by atoms with E-state index in [0.717, 1.165) is 17.0 Å². The van der Waals surface area contributed by atoms with Gasteiger partial charge >= 0.3 is 6.03 Å². The van der Waals surface area contributed by atoms with E-state index in [2.05, 4.69) is 27.9 Å². The topological polar surface area (TPSA) is 79.2 Å². The van der Waals surface area contributed by atoms with Gasteiger partial charge < -0.3 is 15.7 Å². The minimum absolute atomic E-state index is 0.0690. The van der Waals surface area contributed by atoms with Crippen LogP contribution in [0.15, 0.2) is 30.3 Å². The minimum Gasteiger partial charge on any atom is -0.395 e. The van der Waals surface area contributed by atoms with E-state index in [-0.39, 0.29) is 19.2 Å². The Morgan fingerprint density at radius 2 is 1.95 bits per heavy atom. The number of aliphatic hydroxyl groups is 1. The number of aryl methyl sites for hydroxylation is 1. The molecule has 6 nitrogen and oxygen atoms in total. The fourth-order valence-electron chi connectivity index (χ4n) is 2.30. The zero-order valence-electron chi connectivity index (χ0n) is 13.0. The lowest BCUT2D eigenvalue weighted by Gasteiger charge is -2.08. The molecule has 2 amide bonds. The van der Waals surface area contributed by atoms with Gasteiger partial charge in [0.1, 0.15) is 0 Å². The van der Waals surface area contributed by atoms with E-state index in [4.69, 9.17) is 5.11 Å². The molecule has 0 aliphatic heterocycles. The molecule has 0 aliphatic carbocycles. The van der Waals surface area contributed by atoms with Crippen LogP contribution in [0.2, 0.25) is 0 Å². The molecule has 0 fully saturated rings. The van der Waals surface area contributed by atoms with Gasteiger partial charge in [0.15, 0.2) is 0 Å². The number of aliphatic hydroxyl groups excluding tert-OH is 1. The summed E-state index contributed by atoms with van der Waals surface area (Å²) in [6.45, 7) is 5.26. The van der Waals surface area contributed by atoms with Gasteiger partial charge in [0.05, 0.1) is 18.8 Å². The molecule has 0 radical (unpaired) electrons. The molecule has 118 valence electrons. The zero-order valence-corrected chi connectivity index (χ0v) is 13.0. The van der Waals surface area contributed by atoms with Crippen molar-refractivity contribution >= 4 is 6.03 Å². The van der Waals surface area contributed by atoms with Crippen molar-refractivity contribution in [2.75, 3.05) is 13.2 Å². The second-order valence-corrected chi connectivity index (χ2v) is 5.13. The maximum absolute atomic E-state index is 11.5. The van der Waals surface area contributed by atoms with E-state index in [1.165, 1.54) is 5.56 Å². The summed E-state index contributed by atoms with van der Waals surface area (Å²) in [6.07, 6.45) is 0. The quantitative estimate of drug-likeness (QED) is 0.753. The summed E-state index contributed by atoms with van der Waals surface area (Å²) in [4.78, 5) is 11.5. The fourth-order valence-corrected chi connectivity index (χ4v) is 2.30. The van der Waals surface area contributed by atoms with Crippen LogP contribution in [0.3, 0.4) is 0 Å². The van der Waals surface area contributed by atoms with Crippen LogP contribution in [0.5, 0.6) is 0 Å². The third-order valence-corrected chi connectivity index (χ3v) is 3.53. The Morgan fingerprint density at radius 3 is 2.64 bits per heavy atom. The van der Waals surface area contributed by atoms with Crippen molar-refractivity contribution < 1.29 is 9.90 Å². The van der Waals surface area contributed by atoms with Crippen molar-refractivity contribution in [2.24, 2.45) is 0 Å². The molecule has 1 aromatic carbocycles. The van der Waals surface area contributed by atoms with Crippen LogP contribution in [-0.4, -0.2) is 34.1 Å². The summed E-state index contributed by atoms with van der Waals surface area (Å²) < 4.78 is 1.95. The van der Waals surface area contributed by atoms with E-state index in [1.807, 2.05) is 36.7 Å². The van der Waals surface area contributed by atoms with Crippen LogP contribution in [0.4, 0.5) is 4.79 Å². The van der Waals surface area contributed by atoms with Crippen LogP contribution in [0.1, 0.15) is 22.5 Å². The minimum atomic E-state index is -0.288. The summed E-state index contributed by atoms with van der Waals surface area (Å²) in [5, 5.41) is 18.6. The average Bonchev–Trinajstić information content (AvgIpc) is 2.78. The Bertz CT molecular complexity index is 623. The first-order chi connectivity index (χ1) is 10.6. The number of hydrogen-bond donors (Lipinski definition) is 3. The van der Waals surface area contributed by atoms with Gasteiger partial charge in [0, 0.05) is 24.3 Å². The lowest BCUT2D eigenvalue weighted by Crippen LogP contribution is -2.36. The van der Waals surface area contributed by atoms with Crippen molar-refractivity contribution in [1.29, 1.82) is 0 Å². The largest absolute Gasteiger partial charge is 0.395 e. The fraction of sp³-hybridized carbons (Fsp3) is 0.375. The van der Waals surface area contributed by atoms with Gasteiger partial charge in [0.2, 0.25) is 0 Å². The third kappa shape index (κ3) is 4.08. The molecule has 0 saturated heterocycles. The average molecular weight is 302 g/mol. The highest BCUT2D eigenvalue weighted by atomic mass is 16.3. The van der Waals surface area contributed by atoms with E-state index in [0.29, 0.717) is 13.1 Å². The smallest absolute Gasteiger partial charge is 0.315 e. The second-order valence-electron chi connectivity index (χ2n) is 5.13. The third-order valence-electron chi connectivity index (χ3n) is 3.53. The van der Waals surface area contributed by atoms with Crippen LogP contribution in [-0.2, 0) is 13.1 Å². The van der Waals surface area contributed by atoms with E-state index >= 15 is 0 Å². The monoisotopic (exact) mass is 302 g/mol. The Hall–Kier alpha value is -2.34. The van der Waals surface area contributed by atoms with Crippen LogP contribution < -0.4 is 10.6 Å². The van der Waals surface area contributed by atoms with Crippen molar-refractivity contribution in [2.45, 2.75) is 26.9 Å². The molecule has 0 bridgehead atoms. The molecular weight excluding hydrogens is 280 g/mol. The number of nitrogens with zero attached hydrogens (tertiary/aromatic N) is 2. The molecule has 0 atom stereocenters. The van der Waals surface area contributed by atoms with Crippen LogP contribution >= 0.6 is 0 Å². The SMILES string of the molecule is Cc1nn(Cc2ccccc2)c(C)c1CNC(=O)NCCO. The van der Waals surface area contributed by atoms with Gasteiger partial charge in [-0.15, -0.1) is 0 Å². The predicted molar refractivity (Wildman–Crippen MR) is 84.6 cm³/mol. The number of aromatic nitrogens is 2.